The molecular weight excluding hydrogens is 1150 g/mol. The molecule has 0 bridgehead atoms. The van der Waals surface area contributed by atoms with Crippen LogP contribution in [0.5, 0.6) is 0 Å². The van der Waals surface area contributed by atoms with Gasteiger partial charge in [0.1, 0.15) is 19.3 Å². The summed E-state index contributed by atoms with van der Waals surface area (Å²) in [5.41, 5.74) is 0. The van der Waals surface area contributed by atoms with E-state index in [2.05, 4.69) is 55.4 Å². The van der Waals surface area contributed by atoms with Crippen LogP contribution in [-0.4, -0.2) is 96.7 Å². The number of carbonyl (C=O) groups is 4. The number of phosphoric acid groups is 2. The van der Waals surface area contributed by atoms with Gasteiger partial charge in [-0.25, -0.2) is 9.13 Å². The first-order chi connectivity index (χ1) is 41.6. The van der Waals surface area contributed by atoms with Gasteiger partial charge in [-0.15, -0.1) is 0 Å². The molecule has 17 nitrogen and oxygen atoms in total. The third-order valence-corrected chi connectivity index (χ3v) is 17.8. The van der Waals surface area contributed by atoms with Crippen molar-refractivity contribution in [1.82, 2.24) is 0 Å². The highest BCUT2D eigenvalue weighted by molar-refractivity contribution is 7.47. The second-order valence-electron chi connectivity index (χ2n) is 26.2. The Hall–Kier alpha value is -1.94. The molecule has 3 unspecified atom stereocenters. The van der Waals surface area contributed by atoms with Crippen molar-refractivity contribution in [2.45, 2.75) is 350 Å². The highest BCUT2D eigenvalue weighted by Gasteiger charge is 2.30. The Morgan fingerprint density at radius 3 is 0.816 bits per heavy atom. The summed E-state index contributed by atoms with van der Waals surface area (Å²) in [6.07, 6.45) is 39.0. The normalized spacial score (nSPS) is 14.6. The molecule has 0 aliphatic rings. The van der Waals surface area contributed by atoms with Crippen molar-refractivity contribution in [3.63, 3.8) is 0 Å². The lowest BCUT2D eigenvalue weighted by molar-refractivity contribution is -0.161. The largest absolute Gasteiger partial charge is 0.472 e. The Bertz CT molecular complexity index is 1730. The van der Waals surface area contributed by atoms with Gasteiger partial charge in [0, 0.05) is 25.7 Å². The molecule has 0 rings (SSSR count). The molecule has 0 aromatic rings. The van der Waals surface area contributed by atoms with Gasteiger partial charge in [-0.3, -0.25) is 37.3 Å². The Balaban J connectivity index is 5.26. The summed E-state index contributed by atoms with van der Waals surface area (Å²) in [5, 5.41) is 10.6. The first kappa shape index (κ1) is 85.1. The minimum Gasteiger partial charge on any atom is -0.462 e. The number of hydrogen-bond donors (Lipinski definition) is 3. The number of unbranched alkanes of at least 4 members (excludes halogenated alkanes) is 30. The first-order valence-electron chi connectivity index (χ1n) is 35.2. The summed E-state index contributed by atoms with van der Waals surface area (Å²) >= 11 is 0. The number of phosphoric ester groups is 2. The zero-order chi connectivity index (χ0) is 64.7. The summed E-state index contributed by atoms with van der Waals surface area (Å²) in [6.45, 7) is 14.0. The quantitative estimate of drug-likeness (QED) is 0.0222. The van der Waals surface area contributed by atoms with E-state index in [-0.39, 0.29) is 25.7 Å². The molecule has 0 heterocycles. The average Bonchev–Trinajstić information content (AvgIpc) is 3.67. The Labute approximate surface area is 530 Å². The molecule has 0 amide bonds. The van der Waals surface area contributed by atoms with E-state index in [9.17, 15) is 43.2 Å². The van der Waals surface area contributed by atoms with Crippen molar-refractivity contribution in [3.05, 3.63) is 0 Å². The smallest absolute Gasteiger partial charge is 0.462 e. The summed E-state index contributed by atoms with van der Waals surface area (Å²) in [5.74, 6) is 0.826. The number of esters is 4. The van der Waals surface area contributed by atoms with Gasteiger partial charge in [0.15, 0.2) is 12.2 Å². The van der Waals surface area contributed by atoms with E-state index in [0.717, 1.165) is 114 Å². The lowest BCUT2D eigenvalue weighted by Crippen LogP contribution is -2.30. The molecule has 0 radical (unpaired) electrons. The molecule has 6 atom stereocenters. The third-order valence-electron chi connectivity index (χ3n) is 15.9. The lowest BCUT2D eigenvalue weighted by Gasteiger charge is -2.21. The van der Waals surface area contributed by atoms with E-state index in [1.165, 1.54) is 128 Å². The molecule has 516 valence electrons. The van der Waals surface area contributed by atoms with E-state index in [4.69, 9.17) is 37.0 Å². The summed E-state index contributed by atoms with van der Waals surface area (Å²) < 4.78 is 68.2. The standard InChI is InChI=1S/C68H132O17P2/c1-9-61(8)47-39-31-22-15-11-13-17-25-35-43-51-68(73)84-63(54-78-65(70)48-40-32-23-19-18-21-29-37-45-59(4)5)56-82-86(74,75)80-52-62(69)53-81-87(76,77)83-57-64(55-79-66(71)49-41-33-27-26-30-38-46-60(6)7)85-67(72)50-42-34-24-16-12-10-14-20-28-36-44-58(2)3/h58-64,69H,9-57H2,1-8H3,(H,74,75)(H,76,77)/t61?,62-,63-,64-/m1/s1. The van der Waals surface area contributed by atoms with Crippen molar-refractivity contribution in [1.29, 1.82) is 0 Å². The molecule has 0 saturated carbocycles. The maximum Gasteiger partial charge on any atom is 0.472 e. The van der Waals surface area contributed by atoms with E-state index < -0.39 is 97.5 Å². The van der Waals surface area contributed by atoms with Crippen LogP contribution >= 0.6 is 15.6 Å². The number of aliphatic hydroxyl groups is 1. The van der Waals surface area contributed by atoms with Gasteiger partial charge in [-0.1, -0.05) is 280 Å². The van der Waals surface area contributed by atoms with E-state index in [1.807, 2.05) is 0 Å². The zero-order valence-corrected chi connectivity index (χ0v) is 58.4. The summed E-state index contributed by atoms with van der Waals surface area (Å²) in [6, 6.07) is 0. The van der Waals surface area contributed by atoms with Gasteiger partial charge in [0.2, 0.25) is 0 Å². The highest BCUT2D eigenvalue weighted by Crippen LogP contribution is 2.45. The molecule has 3 N–H and O–H groups in total. The second-order valence-corrected chi connectivity index (χ2v) is 29.1. The van der Waals surface area contributed by atoms with Crippen LogP contribution in [0.15, 0.2) is 0 Å². The topological polar surface area (TPSA) is 237 Å². The van der Waals surface area contributed by atoms with E-state index in [0.29, 0.717) is 31.6 Å². The van der Waals surface area contributed by atoms with E-state index >= 15 is 0 Å². The van der Waals surface area contributed by atoms with Crippen molar-refractivity contribution >= 4 is 39.5 Å². The Morgan fingerprint density at radius 2 is 0.552 bits per heavy atom. The predicted molar refractivity (Wildman–Crippen MR) is 349 cm³/mol. The highest BCUT2D eigenvalue weighted by atomic mass is 31.2. The molecular formula is C68H132O17P2. The van der Waals surface area contributed by atoms with Gasteiger partial charge < -0.3 is 33.8 Å². The maximum absolute atomic E-state index is 13.0. The molecule has 0 spiro atoms. The average molecular weight is 1280 g/mol. The summed E-state index contributed by atoms with van der Waals surface area (Å²) in [4.78, 5) is 72.4. The molecule has 0 aromatic heterocycles. The molecule has 87 heavy (non-hydrogen) atoms. The molecule has 0 aliphatic heterocycles. The van der Waals surface area contributed by atoms with Crippen LogP contribution in [-0.2, 0) is 65.4 Å². The Morgan fingerprint density at radius 1 is 0.322 bits per heavy atom. The lowest BCUT2D eigenvalue weighted by atomic mass is 9.99. The molecule has 0 fully saturated rings. The zero-order valence-electron chi connectivity index (χ0n) is 56.6. The molecule has 0 aliphatic carbocycles. The van der Waals surface area contributed by atoms with Crippen LogP contribution in [0, 0.1) is 23.7 Å². The van der Waals surface area contributed by atoms with Gasteiger partial charge in [0.05, 0.1) is 26.4 Å². The van der Waals surface area contributed by atoms with Crippen molar-refractivity contribution < 1.29 is 80.2 Å². The van der Waals surface area contributed by atoms with Gasteiger partial charge in [-0.2, -0.15) is 0 Å². The number of rotatable bonds is 65. The molecule has 19 heteroatoms. The monoisotopic (exact) mass is 1280 g/mol. The number of carbonyl (C=O) groups excluding carboxylic acids is 4. The van der Waals surface area contributed by atoms with Crippen LogP contribution in [0.1, 0.15) is 331 Å². The molecule has 0 aromatic carbocycles. The SMILES string of the molecule is CCC(C)CCCCCCCCCCCCC(=O)O[C@H](COC(=O)CCCCCCCCCCC(C)C)COP(=O)(O)OC[C@@H](O)COP(=O)(O)OC[C@@H](COC(=O)CCCCCCCCC(C)C)OC(=O)CCCCCCCCCCCCC(C)C. The molecule has 0 saturated heterocycles. The van der Waals surface area contributed by atoms with Gasteiger partial charge in [0.25, 0.3) is 0 Å². The van der Waals surface area contributed by atoms with Crippen molar-refractivity contribution in [2.75, 3.05) is 39.6 Å². The fourth-order valence-corrected chi connectivity index (χ4v) is 11.7. The number of ether oxygens (including phenoxy) is 4. The minimum absolute atomic E-state index is 0.104. The van der Waals surface area contributed by atoms with Gasteiger partial charge >= 0.3 is 39.5 Å². The van der Waals surface area contributed by atoms with E-state index in [1.54, 1.807) is 0 Å². The number of aliphatic hydroxyl groups excluding tert-OH is 1. The fraction of sp³-hybridized carbons (Fsp3) is 0.941. The number of hydrogen-bond acceptors (Lipinski definition) is 15. The van der Waals surface area contributed by atoms with Crippen molar-refractivity contribution in [3.8, 4) is 0 Å². The second kappa shape index (κ2) is 57.9. The summed E-state index contributed by atoms with van der Waals surface area (Å²) in [7, 11) is -9.90. The van der Waals surface area contributed by atoms with Crippen LogP contribution in [0.25, 0.3) is 0 Å². The van der Waals surface area contributed by atoms with Crippen LogP contribution in [0.3, 0.4) is 0 Å². The third kappa shape index (κ3) is 61.3. The van der Waals surface area contributed by atoms with Crippen molar-refractivity contribution in [2.24, 2.45) is 23.7 Å². The Kier molecular flexibility index (Phi) is 56.6. The maximum atomic E-state index is 13.0. The predicted octanol–water partition coefficient (Wildman–Crippen LogP) is 18.9. The minimum atomic E-state index is -4.95. The van der Waals surface area contributed by atoms with Crippen LogP contribution < -0.4 is 0 Å². The van der Waals surface area contributed by atoms with Crippen LogP contribution in [0.4, 0.5) is 0 Å². The van der Waals surface area contributed by atoms with Gasteiger partial charge in [-0.05, 0) is 49.4 Å². The van der Waals surface area contributed by atoms with Crippen LogP contribution in [0.2, 0.25) is 0 Å². The first-order valence-corrected chi connectivity index (χ1v) is 38.2. The fourth-order valence-electron chi connectivity index (χ4n) is 10.1.